The normalized spacial score (nSPS) is 22.7. The van der Waals surface area contributed by atoms with Gasteiger partial charge in [0.15, 0.2) is 0 Å². The van der Waals surface area contributed by atoms with E-state index < -0.39 is 23.8 Å². The summed E-state index contributed by atoms with van der Waals surface area (Å²) in [6.07, 6.45) is 0.250. The number of nitrogens with zero attached hydrogens (tertiary/aromatic N) is 2. The summed E-state index contributed by atoms with van der Waals surface area (Å²) in [7, 11) is 2.61. The highest BCUT2D eigenvalue weighted by molar-refractivity contribution is 6.01. The molecule has 2 fully saturated rings. The predicted molar refractivity (Wildman–Crippen MR) is 91.4 cm³/mol. The van der Waals surface area contributed by atoms with Crippen LogP contribution in [-0.4, -0.2) is 51.1 Å². The van der Waals surface area contributed by atoms with Crippen LogP contribution in [0.2, 0.25) is 0 Å². The molecule has 2 saturated heterocycles. The number of amides is 2. The standard InChI is InChI=1S/C18H20N2O6/c1-25-17(23)11-7-15(21)19(9-11)13-3-5-14(6-4-13)20-10-12(8-16(20)22)18(24)26-2/h3-6,11-12H,7-10H2,1-2H3/t11-,12-/m0/s1. The Labute approximate surface area is 150 Å². The quantitative estimate of drug-likeness (QED) is 0.735. The van der Waals surface area contributed by atoms with Gasteiger partial charge >= 0.3 is 11.9 Å². The van der Waals surface area contributed by atoms with E-state index in [1.165, 1.54) is 24.0 Å². The maximum atomic E-state index is 12.2. The van der Waals surface area contributed by atoms with E-state index in [2.05, 4.69) is 0 Å². The van der Waals surface area contributed by atoms with Crippen molar-refractivity contribution in [2.24, 2.45) is 11.8 Å². The first-order valence-corrected chi connectivity index (χ1v) is 8.31. The van der Waals surface area contributed by atoms with Gasteiger partial charge in [-0.3, -0.25) is 19.2 Å². The Kier molecular flexibility index (Phi) is 4.92. The second-order valence-corrected chi connectivity index (χ2v) is 6.37. The molecule has 0 N–H and O–H groups in total. The fourth-order valence-electron chi connectivity index (χ4n) is 3.38. The van der Waals surface area contributed by atoms with Crippen molar-refractivity contribution in [2.75, 3.05) is 37.1 Å². The van der Waals surface area contributed by atoms with Crippen molar-refractivity contribution in [3.05, 3.63) is 24.3 Å². The number of methoxy groups -OCH3 is 2. The van der Waals surface area contributed by atoms with Crippen molar-refractivity contribution in [3.8, 4) is 0 Å². The smallest absolute Gasteiger partial charge is 0.311 e. The number of rotatable bonds is 4. The number of carbonyl (C=O) groups excluding carboxylic acids is 4. The van der Waals surface area contributed by atoms with Gasteiger partial charge in [-0.15, -0.1) is 0 Å². The monoisotopic (exact) mass is 360 g/mol. The highest BCUT2D eigenvalue weighted by Gasteiger charge is 2.37. The molecule has 0 spiro atoms. The lowest BCUT2D eigenvalue weighted by Crippen LogP contribution is -2.27. The summed E-state index contributed by atoms with van der Waals surface area (Å²) in [6.45, 7) is 0.551. The fraction of sp³-hybridized carbons (Fsp3) is 0.444. The molecule has 0 radical (unpaired) electrons. The topological polar surface area (TPSA) is 93.2 Å². The SMILES string of the molecule is COC(=O)[C@H]1CC(=O)N(c2ccc(N3C[C@@H](C(=O)OC)CC3=O)cc2)C1. The van der Waals surface area contributed by atoms with Crippen LogP contribution < -0.4 is 9.80 Å². The zero-order valence-electron chi connectivity index (χ0n) is 14.6. The summed E-state index contributed by atoms with van der Waals surface area (Å²) in [5, 5.41) is 0. The molecule has 3 rings (SSSR count). The summed E-state index contributed by atoms with van der Waals surface area (Å²) in [6, 6.07) is 6.91. The maximum Gasteiger partial charge on any atom is 0.311 e. The van der Waals surface area contributed by atoms with Crippen molar-refractivity contribution in [1.82, 2.24) is 0 Å². The molecule has 0 saturated carbocycles. The lowest BCUT2D eigenvalue weighted by atomic mass is 10.1. The van der Waals surface area contributed by atoms with Gasteiger partial charge in [-0.1, -0.05) is 0 Å². The minimum Gasteiger partial charge on any atom is -0.469 e. The summed E-state index contributed by atoms with van der Waals surface area (Å²) in [5.74, 6) is -2.00. The van der Waals surface area contributed by atoms with Crippen LogP contribution in [0.5, 0.6) is 0 Å². The summed E-state index contributed by atoms with van der Waals surface area (Å²) in [5.41, 5.74) is 1.31. The molecular weight excluding hydrogens is 340 g/mol. The fourth-order valence-corrected chi connectivity index (χ4v) is 3.38. The van der Waals surface area contributed by atoms with E-state index in [-0.39, 0.29) is 37.7 Å². The number of ether oxygens (including phenoxy) is 2. The Hall–Kier alpha value is -2.90. The van der Waals surface area contributed by atoms with Crippen LogP contribution in [0.3, 0.4) is 0 Å². The van der Waals surface area contributed by atoms with Gasteiger partial charge in [0.25, 0.3) is 0 Å². The van der Waals surface area contributed by atoms with Gasteiger partial charge in [0.1, 0.15) is 0 Å². The molecule has 0 unspecified atom stereocenters. The second kappa shape index (κ2) is 7.15. The molecule has 138 valence electrons. The molecule has 2 amide bonds. The minimum atomic E-state index is -0.465. The average molecular weight is 360 g/mol. The third-order valence-electron chi connectivity index (χ3n) is 4.79. The molecule has 1 aromatic rings. The lowest BCUT2D eigenvalue weighted by molar-refractivity contribution is -0.145. The first kappa shape index (κ1) is 17.9. The van der Waals surface area contributed by atoms with Crippen LogP contribution in [0.4, 0.5) is 11.4 Å². The van der Waals surface area contributed by atoms with Crippen LogP contribution in [0.15, 0.2) is 24.3 Å². The van der Waals surface area contributed by atoms with E-state index >= 15 is 0 Å². The van der Waals surface area contributed by atoms with Crippen molar-refractivity contribution >= 4 is 35.1 Å². The van der Waals surface area contributed by atoms with Crippen LogP contribution in [-0.2, 0) is 28.7 Å². The van der Waals surface area contributed by atoms with E-state index in [9.17, 15) is 19.2 Å². The number of anilines is 2. The van der Waals surface area contributed by atoms with E-state index in [4.69, 9.17) is 9.47 Å². The van der Waals surface area contributed by atoms with Gasteiger partial charge in [-0.2, -0.15) is 0 Å². The number of esters is 2. The predicted octanol–water partition coefficient (Wildman–Crippen LogP) is 0.738. The first-order valence-electron chi connectivity index (χ1n) is 8.31. The van der Waals surface area contributed by atoms with E-state index in [1.807, 2.05) is 0 Å². The van der Waals surface area contributed by atoms with Gasteiger partial charge in [0.05, 0.1) is 26.1 Å². The Bertz CT molecular complexity index is 682. The van der Waals surface area contributed by atoms with Crippen LogP contribution in [0.1, 0.15) is 12.8 Å². The summed E-state index contributed by atoms with van der Waals surface area (Å²) >= 11 is 0. The van der Waals surface area contributed by atoms with Crippen molar-refractivity contribution in [3.63, 3.8) is 0 Å². The molecule has 1 aromatic carbocycles. The van der Waals surface area contributed by atoms with Crippen LogP contribution in [0.25, 0.3) is 0 Å². The summed E-state index contributed by atoms with van der Waals surface area (Å²) < 4.78 is 9.41. The number of hydrogen-bond donors (Lipinski definition) is 0. The van der Waals surface area contributed by atoms with E-state index in [1.54, 1.807) is 24.3 Å². The number of hydrogen-bond acceptors (Lipinski definition) is 6. The van der Waals surface area contributed by atoms with E-state index in [0.717, 1.165) is 0 Å². The van der Waals surface area contributed by atoms with Crippen molar-refractivity contribution in [1.29, 1.82) is 0 Å². The maximum absolute atomic E-state index is 12.2. The zero-order chi connectivity index (χ0) is 18.8. The number of carbonyl (C=O) groups is 4. The Morgan fingerprint density at radius 3 is 1.46 bits per heavy atom. The Morgan fingerprint density at radius 1 is 0.808 bits per heavy atom. The molecule has 0 aromatic heterocycles. The van der Waals surface area contributed by atoms with Gasteiger partial charge < -0.3 is 19.3 Å². The van der Waals surface area contributed by atoms with Gasteiger partial charge in [0.2, 0.25) is 11.8 Å². The van der Waals surface area contributed by atoms with Gasteiger partial charge in [-0.05, 0) is 24.3 Å². The van der Waals surface area contributed by atoms with E-state index in [0.29, 0.717) is 11.4 Å². The molecule has 8 heteroatoms. The molecule has 0 bridgehead atoms. The average Bonchev–Trinajstić information content (AvgIpc) is 3.23. The van der Waals surface area contributed by atoms with Crippen molar-refractivity contribution in [2.45, 2.75) is 12.8 Å². The van der Waals surface area contributed by atoms with Crippen LogP contribution >= 0.6 is 0 Å². The third kappa shape index (κ3) is 3.26. The number of benzene rings is 1. The molecule has 8 nitrogen and oxygen atoms in total. The third-order valence-corrected chi connectivity index (χ3v) is 4.79. The van der Waals surface area contributed by atoms with Gasteiger partial charge in [-0.25, -0.2) is 0 Å². The molecule has 2 atom stereocenters. The molecular formula is C18H20N2O6. The molecule has 2 heterocycles. The molecule has 2 aliphatic heterocycles. The summed E-state index contributed by atoms with van der Waals surface area (Å²) in [4.78, 5) is 50.6. The van der Waals surface area contributed by atoms with Crippen molar-refractivity contribution < 1.29 is 28.7 Å². The molecule has 0 aliphatic carbocycles. The Morgan fingerprint density at radius 2 is 1.15 bits per heavy atom. The molecule has 26 heavy (non-hydrogen) atoms. The van der Waals surface area contributed by atoms with Crippen LogP contribution in [0, 0.1) is 11.8 Å². The zero-order valence-corrected chi connectivity index (χ0v) is 14.6. The Balaban J connectivity index is 1.71. The molecule has 2 aliphatic rings. The lowest BCUT2D eigenvalue weighted by Gasteiger charge is -2.20. The largest absolute Gasteiger partial charge is 0.469 e. The highest BCUT2D eigenvalue weighted by Crippen LogP contribution is 2.30. The van der Waals surface area contributed by atoms with Gasteiger partial charge in [0, 0.05) is 37.3 Å². The highest BCUT2D eigenvalue weighted by atomic mass is 16.5. The first-order chi connectivity index (χ1) is 12.4. The second-order valence-electron chi connectivity index (χ2n) is 6.37. The minimum absolute atomic E-state index is 0.125.